The number of quaternary nitrogens is 1. The summed E-state index contributed by atoms with van der Waals surface area (Å²) in [5.41, 5.74) is 0.514. The van der Waals surface area contributed by atoms with E-state index in [0.29, 0.717) is 11.3 Å². The van der Waals surface area contributed by atoms with Crippen molar-refractivity contribution >= 4 is 11.9 Å². The standard InChI is InChI=1S/C14H18N2O4/c1-15-5-7-16(8-6-15)14(19)11-3-2-4-12(9-11)20-10-13(17)18/h2-4,9H,5-8,10H2,1H3,(H,17,18). The van der Waals surface area contributed by atoms with Gasteiger partial charge in [-0.3, -0.25) is 4.79 Å². The van der Waals surface area contributed by atoms with Gasteiger partial charge < -0.3 is 24.4 Å². The van der Waals surface area contributed by atoms with E-state index in [4.69, 9.17) is 4.74 Å². The second-order valence-electron chi connectivity index (χ2n) is 4.94. The largest absolute Gasteiger partial charge is 0.546 e. The number of rotatable bonds is 4. The molecule has 6 nitrogen and oxygen atoms in total. The minimum atomic E-state index is -1.29. The van der Waals surface area contributed by atoms with Gasteiger partial charge >= 0.3 is 0 Å². The maximum Gasteiger partial charge on any atom is 0.254 e. The lowest BCUT2D eigenvalue weighted by Crippen LogP contribution is -3.12. The van der Waals surface area contributed by atoms with Crippen molar-refractivity contribution in [3.05, 3.63) is 29.8 Å². The Hall–Kier alpha value is -2.08. The highest BCUT2D eigenvalue weighted by molar-refractivity contribution is 5.94. The molecule has 1 aromatic rings. The van der Waals surface area contributed by atoms with Gasteiger partial charge in [-0.25, -0.2) is 0 Å². The van der Waals surface area contributed by atoms with Crippen molar-refractivity contribution in [1.29, 1.82) is 0 Å². The number of amides is 1. The first-order valence-electron chi connectivity index (χ1n) is 6.59. The van der Waals surface area contributed by atoms with Crippen molar-refractivity contribution in [3.8, 4) is 5.75 Å². The highest BCUT2D eigenvalue weighted by Gasteiger charge is 2.22. The molecule has 1 N–H and O–H groups in total. The average molecular weight is 278 g/mol. The number of carbonyl (C=O) groups excluding carboxylic acids is 2. The number of likely N-dealkylation sites (N-methyl/N-ethyl adjacent to an activating group) is 1. The van der Waals surface area contributed by atoms with Crippen molar-refractivity contribution < 1.29 is 24.3 Å². The van der Waals surface area contributed by atoms with E-state index in [2.05, 4.69) is 7.05 Å². The van der Waals surface area contributed by atoms with Crippen LogP contribution in [0.15, 0.2) is 24.3 Å². The first kappa shape index (κ1) is 14.3. The molecule has 0 bridgehead atoms. The van der Waals surface area contributed by atoms with Gasteiger partial charge in [0.2, 0.25) is 0 Å². The third kappa shape index (κ3) is 3.71. The number of benzene rings is 1. The van der Waals surface area contributed by atoms with Crippen molar-refractivity contribution in [1.82, 2.24) is 4.90 Å². The van der Waals surface area contributed by atoms with Crippen LogP contribution in [0.4, 0.5) is 0 Å². The molecule has 0 aromatic heterocycles. The number of carbonyl (C=O) groups is 2. The fourth-order valence-corrected chi connectivity index (χ4v) is 2.14. The predicted molar refractivity (Wildman–Crippen MR) is 69.5 cm³/mol. The molecule has 108 valence electrons. The van der Waals surface area contributed by atoms with Crippen LogP contribution in [-0.4, -0.2) is 56.6 Å². The minimum absolute atomic E-state index is 0.0450. The van der Waals surface area contributed by atoms with Crippen LogP contribution in [0.1, 0.15) is 10.4 Å². The number of ether oxygens (including phenoxy) is 1. The van der Waals surface area contributed by atoms with Crippen molar-refractivity contribution in [2.75, 3.05) is 39.8 Å². The van der Waals surface area contributed by atoms with Crippen LogP contribution >= 0.6 is 0 Å². The summed E-state index contributed by atoms with van der Waals surface area (Å²) in [6.07, 6.45) is 0. The second-order valence-corrected chi connectivity index (χ2v) is 4.94. The molecule has 1 aliphatic rings. The van der Waals surface area contributed by atoms with E-state index < -0.39 is 12.6 Å². The lowest BCUT2D eigenvalue weighted by Gasteiger charge is -2.30. The molecular formula is C14H18N2O4. The van der Waals surface area contributed by atoms with Gasteiger partial charge in [0.05, 0.1) is 39.2 Å². The van der Waals surface area contributed by atoms with Crippen LogP contribution in [0.5, 0.6) is 5.75 Å². The van der Waals surface area contributed by atoms with Gasteiger partial charge in [0.15, 0.2) is 0 Å². The third-order valence-corrected chi connectivity index (χ3v) is 3.34. The molecule has 1 fully saturated rings. The summed E-state index contributed by atoms with van der Waals surface area (Å²) in [5.74, 6) is -0.972. The Morgan fingerprint density at radius 1 is 1.35 bits per heavy atom. The summed E-state index contributed by atoms with van der Waals surface area (Å²) in [6.45, 7) is 2.82. The number of nitrogens with one attached hydrogen (secondary N) is 1. The fourth-order valence-electron chi connectivity index (χ4n) is 2.14. The van der Waals surface area contributed by atoms with Gasteiger partial charge in [-0.15, -0.1) is 0 Å². The number of nitrogens with zero attached hydrogens (tertiary/aromatic N) is 1. The third-order valence-electron chi connectivity index (χ3n) is 3.34. The molecule has 1 aromatic carbocycles. The van der Waals surface area contributed by atoms with Gasteiger partial charge in [-0.1, -0.05) is 6.07 Å². The molecule has 0 saturated carbocycles. The zero-order valence-corrected chi connectivity index (χ0v) is 11.4. The quantitative estimate of drug-likeness (QED) is 0.677. The molecule has 0 atom stereocenters. The van der Waals surface area contributed by atoms with Crippen LogP contribution in [0.3, 0.4) is 0 Å². The Kier molecular flexibility index (Phi) is 4.57. The zero-order valence-electron chi connectivity index (χ0n) is 11.4. The highest BCUT2D eigenvalue weighted by atomic mass is 16.5. The first-order valence-corrected chi connectivity index (χ1v) is 6.59. The minimum Gasteiger partial charge on any atom is -0.546 e. The van der Waals surface area contributed by atoms with E-state index in [1.54, 1.807) is 24.3 Å². The molecule has 1 heterocycles. The Morgan fingerprint density at radius 3 is 2.70 bits per heavy atom. The monoisotopic (exact) mass is 278 g/mol. The van der Waals surface area contributed by atoms with E-state index >= 15 is 0 Å². The summed E-state index contributed by atoms with van der Waals surface area (Å²) in [6, 6.07) is 6.57. The molecular weight excluding hydrogens is 260 g/mol. The summed E-state index contributed by atoms with van der Waals surface area (Å²) in [7, 11) is 2.11. The smallest absolute Gasteiger partial charge is 0.254 e. The van der Waals surface area contributed by atoms with Crippen LogP contribution in [0.25, 0.3) is 0 Å². The number of piperazine rings is 1. The maximum absolute atomic E-state index is 12.3. The summed E-state index contributed by atoms with van der Waals surface area (Å²) in [4.78, 5) is 25.9. The second kappa shape index (κ2) is 6.38. The Bertz CT molecular complexity index is 496. The lowest BCUT2D eigenvalue weighted by atomic mass is 10.1. The predicted octanol–water partition coefficient (Wildman–Crippen LogP) is -2.21. The molecule has 2 rings (SSSR count). The van der Waals surface area contributed by atoms with Crippen molar-refractivity contribution in [2.24, 2.45) is 0 Å². The SMILES string of the molecule is C[NH+]1CCN(C(=O)c2cccc(OCC(=O)[O-])c2)CC1. The fraction of sp³-hybridized carbons (Fsp3) is 0.429. The van der Waals surface area contributed by atoms with Gasteiger partial charge in [0.1, 0.15) is 12.4 Å². The number of hydrogen-bond acceptors (Lipinski definition) is 4. The van der Waals surface area contributed by atoms with E-state index in [1.807, 2.05) is 4.90 Å². The first-order chi connectivity index (χ1) is 9.56. The van der Waals surface area contributed by atoms with E-state index in [0.717, 1.165) is 26.2 Å². The normalized spacial score (nSPS) is 15.9. The average Bonchev–Trinajstić information content (AvgIpc) is 2.45. The van der Waals surface area contributed by atoms with Gasteiger partial charge in [-0.2, -0.15) is 0 Å². The molecule has 20 heavy (non-hydrogen) atoms. The lowest BCUT2D eigenvalue weighted by molar-refractivity contribution is -0.883. The van der Waals surface area contributed by atoms with Gasteiger partial charge in [-0.05, 0) is 18.2 Å². The molecule has 0 spiro atoms. The molecule has 0 radical (unpaired) electrons. The molecule has 1 saturated heterocycles. The van der Waals surface area contributed by atoms with E-state index in [-0.39, 0.29) is 5.91 Å². The topological polar surface area (TPSA) is 74.1 Å². The van der Waals surface area contributed by atoms with E-state index in [9.17, 15) is 14.7 Å². The molecule has 0 aliphatic carbocycles. The maximum atomic E-state index is 12.3. The Labute approximate surface area is 117 Å². The van der Waals surface area contributed by atoms with Crippen LogP contribution in [0.2, 0.25) is 0 Å². The number of hydrogen-bond donors (Lipinski definition) is 1. The summed E-state index contributed by atoms with van der Waals surface area (Å²) < 4.78 is 5.03. The number of carboxylic acid groups (broad SMARTS) is 1. The van der Waals surface area contributed by atoms with Crippen molar-refractivity contribution in [3.63, 3.8) is 0 Å². The molecule has 6 heteroatoms. The molecule has 1 aliphatic heterocycles. The highest BCUT2D eigenvalue weighted by Crippen LogP contribution is 2.15. The summed E-state index contributed by atoms with van der Waals surface area (Å²) in [5, 5.41) is 10.4. The number of carboxylic acids is 1. The Morgan fingerprint density at radius 2 is 2.05 bits per heavy atom. The Balaban J connectivity index is 2.02. The molecule has 0 unspecified atom stereocenters. The van der Waals surface area contributed by atoms with Crippen LogP contribution < -0.4 is 14.7 Å². The zero-order chi connectivity index (χ0) is 14.5. The van der Waals surface area contributed by atoms with Crippen LogP contribution in [0, 0.1) is 0 Å². The number of aliphatic carboxylic acids is 1. The summed E-state index contributed by atoms with van der Waals surface area (Å²) >= 11 is 0. The molecule has 1 amide bonds. The van der Waals surface area contributed by atoms with Crippen LogP contribution in [-0.2, 0) is 4.79 Å². The van der Waals surface area contributed by atoms with Gasteiger partial charge in [0, 0.05) is 5.56 Å². The van der Waals surface area contributed by atoms with Crippen molar-refractivity contribution in [2.45, 2.75) is 0 Å². The van der Waals surface area contributed by atoms with Gasteiger partial charge in [0.25, 0.3) is 5.91 Å². The van der Waals surface area contributed by atoms with E-state index in [1.165, 1.54) is 4.90 Å².